The van der Waals surface area contributed by atoms with Gasteiger partial charge in [-0.05, 0) is 76.0 Å². The van der Waals surface area contributed by atoms with Crippen LogP contribution in [0.1, 0.15) is 42.6 Å². The molecule has 156 valence electrons. The summed E-state index contributed by atoms with van der Waals surface area (Å²) in [5.74, 6) is 0.268. The molecule has 0 unspecified atom stereocenters. The van der Waals surface area contributed by atoms with E-state index in [4.69, 9.17) is 0 Å². The summed E-state index contributed by atoms with van der Waals surface area (Å²) < 4.78 is 0. The van der Waals surface area contributed by atoms with Crippen LogP contribution in [0.15, 0.2) is 30.6 Å². The van der Waals surface area contributed by atoms with Crippen LogP contribution in [0, 0.1) is 12.8 Å². The average molecular weight is 397 g/mol. The first-order chi connectivity index (χ1) is 14.2. The van der Waals surface area contributed by atoms with Gasteiger partial charge >= 0.3 is 0 Å². The van der Waals surface area contributed by atoms with E-state index in [1.165, 1.54) is 18.4 Å². The van der Waals surface area contributed by atoms with Gasteiger partial charge in [0.1, 0.15) is 0 Å². The molecule has 1 amide bonds. The van der Waals surface area contributed by atoms with Crippen LogP contribution in [0.3, 0.4) is 0 Å². The number of piperidine rings is 2. The Bertz CT molecular complexity index is 784. The predicted octanol–water partition coefficient (Wildman–Crippen LogP) is 2.11. The molecular weight excluding hydrogens is 364 g/mol. The molecule has 0 aromatic carbocycles. The number of nitrogens with one attached hydrogen (secondary N) is 2. The highest BCUT2D eigenvalue weighted by Gasteiger charge is 2.31. The van der Waals surface area contributed by atoms with Crippen molar-refractivity contribution in [1.82, 2.24) is 30.3 Å². The quantitative estimate of drug-likeness (QED) is 0.782. The van der Waals surface area contributed by atoms with E-state index in [1.54, 1.807) is 0 Å². The van der Waals surface area contributed by atoms with Gasteiger partial charge in [-0.3, -0.25) is 24.7 Å². The highest BCUT2D eigenvalue weighted by Crippen LogP contribution is 2.24. The number of H-pyrrole nitrogens is 1. The van der Waals surface area contributed by atoms with Crippen molar-refractivity contribution in [2.75, 3.05) is 26.2 Å². The van der Waals surface area contributed by atoms with Crippen LogP contribution in [0.5, 0.6) is 0 Å². The predicted molar refractivity (Wildman–Crippen MR) is 112 cm³/mol. The normalized spacial score (nSPS) is 21.9. The Morgan fingerprint density at radius 3 is 2.72 bits per heavy atom. The molecule has 2 aromatic heterocycles. The topological polar surface area (TPSA) is 77.2 Å². The molecule has 4 rings (SSSR count). The Hall–Kier alpha value is -2.25. The summed E-state index contributed by atoms with van der Waals surface area (Å²) in [6.07, 6.45) is 8.21. The SMILES string of the molecule is Cc1cc(CNC(=O)[C@H]2CCCN(C3CCN(Cc4ccncc4)CC3)C2)n[nH]1. The van der Waals surface area contributed by atoms with E-state index < -0.39 is 0 Å². The Morgan fingerprint density at radius 1 is 1.21 bits per heavy atom. The number of carbonyl (C=O) groups excluding carboxylic acids is 1. The van der Waals surface area contributed by atoms with Crippen molar-refractivity contribution in [3.8, 4) is 0 Å². The second-order valence-electron chi connectivity index (χ2n) is 8.46. The van der Waals surface area contributed by atoms with E-state index in [2.05, 4.69) is 42.4 Å². The van der Waals surface area contributed by atoms with E-state index >= 15 is 0 Å². The lowest BCUT2D eigenvalue weighted by Gasteiger charge is -2.42. The third-order valence-electron chi connectivity index (χ3n) is 6.26. The number of hydrogen-bond donors (Lipinski definition) is 2. The van der Waals surface area contributed by atoms with Crippen molar-refractivity contribution in [3.05, 3.63) is 47.5 Å². The molecule has 0 aliphatic carbocycles. The van der Waals surface area contributed by atoms with E-state index in [1.807, 2.05) is 25.4 Å². The summed E-state index contributed by atoms with van der Waals surface area (Å²) in [4.78, 5) is 21.9. The molecular formula is C22H32N6O. The highest BCUT2D eigenvalue weighted by atomic mass is 16.1. The maximum Gasteiger partial charge on any atom is 0.224 e. The van der Waals surface area contributed by atoms with Gasteiger partial charge in [-0.25, -0.2) is 0 Å². The third kappa shape index (κ3) is 5.42. The first-order valence-corrected chi connectivity index (χ1v) is 10.8. The van der Waals surface area contributed by atoms with Gasteiger partial charge in [0.25, 0.3) is 0 Å². The summed E-state index contributed by atoms with van der Waals surface area (Å²) in [6, 6.07) is 6.79. The van der Waals surface area contributed by atoms with Crippen LogP contribution in [0.4, 0.5) is 0 Å². The maximum atomic E-state index is 12.7. The number of nitrogens with zero attached hydrogens (tertiary/aromatic N) is 4. The summed E-state index contributed by atoms with van der Waals surface area (Å²) in [5.41, 5.74) is 3.25. The molecule has 2 fully saturated rings. The van der Waals surface area contributed by atoms with Gasteiger partial charge in [0.05, 0.1) is 18.2 Å². The molecule has 7 heteroatoms. The summed E-state index contributed by atoms with van der Waals surface area (Å²) >= 11 is 0. The zero-order valence-electron chi connectivity index (χ0n) is 17.3. The molecule has 0 radical (unpaired) electrons. The van der Waals surface area contributed by atoms with Crippen LogP contribution in [-0.2, 0) is 17.9 Å². The fraction of sp³-hybridized carbons (Fsp3) is 0.591. The molecule has 2 aliphatic heterocycles. The van der Waals surface area contributed by atoms with Crippen LogP contribution in [0.2, 0.25) is 0 Å². The van der Waals surface area contributed by atoms with Gasteiger partial charge in [-0.2, -0.15) is 5.10 Å². The third-order valence-corrected chi connectivity index (χ3v) is 6.26. The smallest absolute Gasteiger partial charge is 0.224 e. The zero-order chi connectivity index (χ0) is 20.1. The van der Waals surface area contributed by atoms with Gasteiger partial charge in [-0.15, -0.1) is 0 Å². The minimum atomic E-state index is 0.0960. The summed E-state index contributed by atoms with van der Waals surface area (Å²) in [6.45, 7) is 7.75. The number of amides is 1. The molecule has 2 saturated heterocycles. The van der Waals surface area contributed by atoms with Gasteiger partial charge in [0.15, 0.2) is 0 Å². The van der Waals surface area contributed by atoms with Crippen molar-refractivity contribution >= 4 is 5.91 Å². The van der Waals surface area contributed by atoms with Gasteiger partial charge in [-0.1, -0.05) is 0 Å². The van der Waals surface area contributed by atoms with E-state index in [9.17, 15) is 4.79 Å². The lowest BCUT2D eigenvalue weighted by atomic mass is 9.93. The molecule has 0 bridgehead atoms. The standard InChI is InChI=1S/C22H32N6O/c1-17-13-20(26-25-17)14-24-22(29)19-3-2-10-28(16-19)21-6-11-27(12-7-21)15-18-4-8-23-9-5-18/h4-5,8-9,13,19,21H,2-3,6-7,10-12,14-16H2,1H3,(H,24,29)(H,25,26)/t19-/m0/s1. The molecule has 0 spiro atoms. The number of aromatic nitrogens is 3. The van der Waals surface area contributed by atoms with E-state index in [0.29, 0.717) is 12.6 Å². The van der Waals surface area contributed by atoms with E-state index in [0.717, 1.165) is 57.0 Å². The molecule has 2 aliphatic rings. The Labute approximate surface area is 172 Å². The Morgan fingerprint density at radius 2 is 2.00 bits per heavy atom. The minimum absolute atomic E-state index is 0.0960. The van der Waals surface area contributed by atoms with Crippen molar-refractivity contribution in [2.45, 2.75) is 51.7 Å². The van der Waals surface area contributed by atoms with Crippen molar-refractivity contribution in [1.29, 1.82) is 0 Å². The number of likely N-dealkylation sites (tertiary alicyclic amines) is 2. The maximum absolute atomic E-state index is 12.7. The fourth-order valence-electron chi connectivity index (χ4n) is 4.63. The lowest BCUT2D eigenvalue weighted by Crippen LogP contribution is -2.50. The minimum Gasteiger partial charge on any atom is -0.350 e. The molecule has 7 nitrogen and oxygen atoms in total. The van der Waals surface area contributed by atoms with Crippen LogP contribution in [0.25, 0.3) is 0 Å². The fourth-order valence-corrected chi connectivity index (χ4v) is 4.63. The van der Waals surface area contributed by atoms with Gasteiger partial charge in [0.2, 0.25) is 5.91 Å². The highest BCUT2D eigenvalue weighted by molar-refractivity contribution is 5.78. The van der Waals surface area contributed by atoms with Crippen LogP contribution < -0.4 is 5.32 Å². The van der Waals surface area contributed by atoms with Gasteiger partial charge in [0, 0.05) is 37.2 Å². The molecule has 2 N–H and O–H groups in total. The Balaban J connectivity index is 1.23. The largest absolute Gasteiger partial charge is 0.350 e. The van der Waals surface area contributed by atoms with Crippen molar-refractivity contribution in [2.24, 2.45) is 5.92 Å². The molecule has 2 aromatic rings. The number of carbonyl (C=O) groups is 1. The number of hydrogen-bond acceptors (Lipinski definition) is 5. The number of rotatable bonds is 6. The average Bonchev–Trinajstić information content (AvgIpc) is 3.18. The number of aryl methyl sites for hydroxylation is 1. The Kier molecular flexibility index (Phi) is 6.56. The second kappa shape index (κ2) is 9.50. The zero-order valence-corrected chi connectivity index (χ0v) is 17.3. The first kappa shape index (κ1) is 20.0. The van der Waals surface area contributed by atoms with Crippen molar-refractivity contribution < 1.29 is 4.79 Å². The van der Waals surface area contributed by atoms with Gasteiger partial charge < -0.3 is 5.32 Å². The van der Waals surface area contributed by atoms with Crippen LogP contribution in [-0.4, -0.2) is 63.1 Å². The monoisotopic (exact) mass is 396 g/mol. The van der Waals surface area contributed by atoms with E-state index in [-0.39, 0.29) is 11.8 Å². The molecule has 4 heterocycles. The molecule has 1 atom stereocenters. The number of pyridine rings is 1. The van der Waals surface area contributed by atoms with Crippen LogP contribution >= 0.6 is 0 Å². The lowest BCUT2D eigenvalue weighted by molar-refractivity contribution is -0.127. The molecule has 29 heavy (non-hydrogen) atoms. The summed E-state index contributed by atoms with van der Waals surface area (Å²) in [5, 5.41) is 10.2. The molecule has 0 saturated carbocycles. The summed E-state index contributed by atoms with van der Waals surface area (Å²) in [7, 11) is 0. The second-order valence-corrected chi connectivity index (χ2v) is 8.46. The number of aromatic amines is 1. The van der Waals surface area contributed by atoms with Crippen molar-refractivity contribution in [3.63, 3.8) is 0 Å². The first-order valence-electron chi connectivity index (χ1n) is 10.8.